The molecule has 0 unspecified atom stereocenters. The molecule has 0 saturated carbocycles. The van der Waals surface area contributed by atoms with Crippen molar-refractivity contribution in [2.45, 2.75) is 38.5 Å². The second-order valence-corrected chi connectivity index (χ2v) is 6.42. The first-order valence-corrected chi connectivity index (χ1v) is 8.90. The second-order valence-electron chi connectivity index (χ2n) is 6.42. The predicted octanol–water partition coefficient (Wildman–Crippen LogP) is 4.33. The van der Waals surface area contributed by atoms with Crippen LogP contribution in [-0.4, -0.2) is 40.7 Å². The van der Waals surface area contributed by atoms with Gasteiger partial charge >= 0.3 is 6.09 Å². The molecular weight excluding hydrogens is 321 g/mol. The molecule has 1 fully saturated rings. The van der Waals surface area contributed by atoms with Gasteiger partial charge in [-0.3, -0.25) is 0 Å². The van der Waals surface area contributed by atoms with E-state index < -0.39 is 0 Å². The first-order valence-electron chi connectivity index (χ1n) is 8.90. The summed E-state index contributed by atoms with van der Waals surface area (Å²) in [5, 5.41) is 0. The predicted molar refractivity (Wildman–Crippen MR) is 93.8 cm³/mol. The topological polar surface area (TPSA) is 58.2 Å². The molecule has 2 heterocycles. The van der Waals surface area contributed by atoms with E-state index in [9.17, 15) is 9.18 Å². The van der Waals surface area contributed by atoms with Crippen LogP contribution < -0.4 is 0 Å². The fourth-order valence-corrected chi connectivity index (χ4v) is 3.05. The number of amides is 1. The summed E-state index contributed by atoms with van der Waals surface area (Å²) in [6.45, 7) is 3.93. The van der Waals surface area contributed by atoms with E-state index in [1.807, 2.05) is 0 Å². The molecule has 0 aliphatic carbocycles. The van der Waals surface area contributed by atoms with Crippen LogP contribution in [0.25, 0.3) is 11.3 Å². The van der Waals surface area contributed by atoms with Gasteiger partial charge in [0, 0.05) is 19.0 Å². The summed E-state index contributed by atoms with van der Waals surface area (Å²) in [6, 6.07) is 6.36. The summed E-state index contributed by atoms with van der Waals surface area (Å²) in [4.78, 5) is 21.6. The number of hydrogen-bond donors (Lipinski definition) is 1. The Bertz CT molecular complexity index is 691. The van der Waals surface area contributed by atoms with Gasteiger partial charge in [-0.2, -0.15) is 0 Å². The quantitative estimate of drug-likeness (QED) is 0.821. The summed E-state index contributed by atoms with van der Waals surface area (Å²) in [6.07, 6.45) is 5.22. The summed E-state index contributed by atoms with van der Waals surface area (Å²) < 4.78 is 18.3. The first-order chi connectivity index (χ1) is 12.2. The third kappa shape index (κ3) is 4.38. The number of carbonyl (C=O) groups is 1. The molecule has 25 heavy (non-hydrogen) atoms. The molecule has 0 atom stereocenters. The van der Waals surface area contributed by atoms with Gasteiger partial charge in [-0.05, 0) is 49.1 Å². The van der Waals surface area contributed by atoms with E-state index in [0.29, 0.717) is 25.6 Å². The molecule has 1 aliphatic heterocycles. The highest BCUT2D eigenvalue weighted by molar-refractivity contribution is 5.67. The number of rotatable bonds is 5. The number of piperidine rings is 1. The van der Waals surface area contributed by atoms with Crippen molar-refractivity contribution in [1.29, 1.82) is 0 Å². The Labute approximate surface area is 147 Å². The highest BCUT2D eigenvalue weighted by Crippen LogP contribution is 2.28. The molecule has 1 amide bonds. The highest BCUT2D eigenvalue weighted by atomic mass is 19.1. The van der Waals surface area contributed by atoms with E-state index in [4.69, 9.17) is 4.74 Å². The Hall–Kier alpha value is -2.37. The van der Waals surface area contributed by atoms with Crippen molar-refractivity contribution < 1.29 is 13.9 Å². The van der Waals surface area contributed by atoms with Crippen LogP contribution in [0.2, 0.25) is 0 Å². The number of benzene rings is 1. The summed E-state index contributed by atoms with van der Waals surface area (Å²) in [5.41, 5.74) is 1.80. The Kier molecular flexibility index (Phi) is 5.68. The maximum atomic E-state index is 13.0. The zero-order valence-corrected chi connectivity index (χ0v) is 14.5. The van der Waals surface area contributed by atoms with Crippen molar-refractivity contribution in [3.63, 3.8) is 0 Å². The highest BCUT2D eigenvalue weighted by Gasteiger charge is 2.26. The van der Waals surface area contributed by atoms with Gasteiger partial charge in [-0.15, -0.1) is 0 Å². The van der Waals surface area contributed by atoms with Crippen molar-refractivity contribution in [1.82, 2.24) is 14.9 Å². The maximum Gasteiger partial charge on any atom is 0.409 e. The lowest BCUT2D eigenvalue weighted by Crippen LogP contribution is -2.38. The molecule has 3 rings (SSSR count). The molecule has 1 aliphatic rings. The Balaban J connectivity index is 1.55. The van der Waals surface area contributed by atoms with Gasteiger partial charge in [0.15, 0.2) is 0 Å². The number of carbonyl (C=O) groups excluding carboxylic acids is 1. The van der Waals surface area contributed by atoms with E-state index in [2.05, 4.69) is 16.9 Å². The number of halogens is 1. The molecule has 2 aromatic rings. The molecule has 0 spiro atoms. The number of nitrogens with zero attached hydrogens (tertiary/aromatic N) is 2. The molecule has 1 saturated heterocycles. The normalized spacial score (nSPS) is 15.4. The minimum Gasteiger partial charge on any atom is -0.449 e. The van der Waals surface area contributed by atoms with Gasteiger partial charge in [0.2, 0.25) is 0 Å². The monoisotopic (exact) mass is 345 g/mol. The minimum atomic E-state index is -0.248. The van der Waals surface area contributed by atoms with Gasteiger partial charge < -0.3 is 14.6 Å². The van der Waals surface area contributed by atoms with E-state index in [-0.39, 0.29) is 11.9 Å². The van der Waals surface area contributed by atoms with Crippen molar-refractivity contribution >= 4 is 6.09 Å². The summed E-state index contributed by atoms with van der Waals surface area (Å²) in [7, 11) is 0. The average molecular weight is 345 g/mol. The summed E-state index contributed by atoms with van der Waals surface area (Å²) >= 11 is 0. The number of aromatic nitrogens is 2. The number of unbranched alkanes of at least 4 members (excludes halogenated alkanes) is 1. The Morgan fingerprint density at radius 3 is 2.72 bits per heavy atom. The standard InChI is InChI=1S/C19H24FN3O2/c1-2-3-12-25-19(24)23-10-8-15(9-11-23)18-21-13-17(22-18)14-4-6-16(20)7-5-14/h4-7,13,15H,2-3,8-12H2,1H3,(H,21,22). The number of imidazole rings is 1. The minimum absolute atomic E-state index is 0.210. The van der Waals surface area contributed by atoms with Crippen LogP contribution in [0.1, 0.15) is 44.3 Å². The zero-order valence-electron chi connectivity index (χ0n) is 14.5. The lowest BCUT2D eigenvalue weighted by Gasteiger charge is -2.30. The average Bonchev–Trinajstić information content (AvgIpc) is 3.13. The second kappa shape index (κ2) is 8.14. The van der Waals surface area contributed by atoms with E-state index >= 15 is 0 Å². The third-order valence-corrected chi connectivity index (χ3v) is 4.61. The molecule has 134 valence electrons. The molecule has 1 N–H and O–H groups in total. The van der Waals surface area contributed by atoms with Crippen molar-refractivity contribution in [3.05, 3.63) is 42.1 Å². The smallest absolute Gasteiger partial charge is 0.409 e. The molecule has 5 nitrogen and oxygen atoms in total. The number of ether oxygens (including phenoxy) is 1. The fourth-order valence-electron chi connectivity index (χ4n) is 3.05. The van der Waals surface area contributed by atoms with Gasteiger partial charge in [-0.1, -0.05) is 13.3 Å². The SMILES string of the molecule is CCCCOC(=O)N1CCC(c2ncc(-c3ccc(F)cc3)[nH]2)CC1. The largest absolute Gasteiger partial charge is 0.449 e. The lowest BCUT2D eigenvalue weighted by molar-refractivity contribution is 0.0912. The Morgan fingerprint density at radius 1 is 1.32 bits per heavy atom. The van der Waals surface area contributed by atoms with Gasteiger partial charge in [0.1, 0.15) is 11.6 Å². The van der Waals surface area contributed by atoms with Crippen LogP contribution in [0.15, 0.2) is 30.5 Å². The van der Waals surface area contributed by atoms with E-state index in [1.54, 1.807) is 23.2 Å². The Morgan fingerprint density at radius 2 is 2.04 bits per heavy atom. The molecular formula is C19H24FN3O2. The number of aromatic amines is 1. The lowest BCUT2D eigenvalue weighted by atomic mass is 9.96. The van der Waals surface area contributed by atoms with Crippen LogP contribution in [0.3, 0.4) is 0 Å². The third-order valence-electron chi connectivity index (χ3n) is 4.61. The van der Waals surface area contributed by atoms with Crippen molar-refractivity contribution in [3.8, 4) is 11.3 Å². The van der Waals surface area contributed by atoms with E-state index in [1.165, 1.54) is 12.1 Å². The number of likely N-dealkylation sites (tertiary alicyclic amines) is 1. The van der Waals surface area contributed by atoms with Gasteiger partial charge in [0.25, 0.3) is 0 Å². The number of hydrogen-bond acceptors (Lipinski definition) is 3. The maximum absolute atomic E-state index is 13.0. The molecule has 0 bridgehead atoms. The van der Waals surface area contributed by atoms with Gasteiger partial charge in [-0.25, -0.2) is 14.2 Å². The van der Waals surface area contributed by atoms with Crippen molar-refractivity contribution in [2.24, 2.45) is 0 Å². The fraction of sp³-hybridized carbons (Fsp3) is 0.474. The van der Waals surface area contributed by atoms with Crippen LogP contribution in [0, 0.1) is 5.82 Å². The molecule has 1 aromatic heterocycles. The first kappa shape index (κ1) is 17.5. The number of H-pyrrole nitrogens is 1. The van der Waals surface area contributed by atoms with Crippen LogP contribution in [0.4, 0.5) is 9.18 Å². The van der Waals surface area contributed by atoms with Crippen LogP contribution >= 0.6 is 0 Å². The zero-order chi connectivity index (χ0) is 17.6. The van der Waals surface area contributed by atoms with E-state index in [0.717, 1.165) is 42.8 Å². The summed E-state index contributed by atoms with van der Waals surface area (Å²) in [5.74, 6) is 0.980. The van der Waals surface area contributed by atoms with Crippen LogP contribution in [0.5, 0.6) is 0 Å². The van der Waals surface area contributed by atoms with Crippen molar-refractivity contribution in [2.75, 3.05) is 19.7 Å². The molecule has 0 radical (unpaired) electrons. The van der Waals surface area contributed by atoms with Crippen LogP contribution in [-0.2, 0) is 4.74 Å². The van der Waals surface area contributed by atoms with Gasteiger partial charge in [0.05, 0.1) is 18.5 Å². The number of nitrogens with one attached hydrogen (secondary N) is 1. The molecule has 1 aromatic carbocycles. The molecule has 6 heteroatoms.